The Morgan fingerprint density at radius 1 is 1.23 bits per heavy atom. The predicted octanol–water partition coefficient (Wildman–Crippen LogP) is 1.22. The van der Waals surface area contributed by atoms with Gasteiger partial charge in [-0.3, -0.25) is 9.69 Å². The average Bonchev–Trinajstić information content (AvgIpc) is 2.99. The molecule has 0 bridgehead atoms. The van der Waals surface area contributed by atoms with E-state index in [1.165, 1.54) is 0 Å². The quantitative estimate of drug-likeness (QED) is 0.626. The van der Waals surface area contributed by atoms with Crippen LogP contribution in [0.2, 0.25) is 0 Å². The van der Waals surface area contributed by atoms with E-state index in [2.05, 4.69) is 24.1 Å². The molecule has 0 saturated carbocycles. The topological polar surface area (TPSA) is 82.0 Å². The number of ether oxygens (including phenoxy) is 1. The van der Waals surface area contributed by atoms with Crippen LogP contribution in [0.5, 0.6) is 5.75 Å². The Kier molecular flexibility index (Phi) is 9.36. The highest BCUT2D eigenvalue weighted by atomic mass is 35.5. The lowest BCUT2D eigenvalue weighted by Crippen LogP contribution is -2.45. The number of aliphatic hydroxyl groups excluding tert-OH is 2. The molecule has 3 N–H and O–H groups in total. The molecule has 0 aromatic heterocycles. The SMILES string of the molecule is Cc1ccc(OCC(=O)N[C@H]2CN(C(CO)CO)C[C@@H]2C(C)C)cc1.Cl. The van der Waals surface area contributed by atoms with E-state index in [1.807, 2.05) is 31.2 Å². The van der Waals surface area contributed by atoms with Crippen LogP contribution in [-0.4, -0.2) is 66.0 Å². The first-order valence-corrected chi connectivity index (χ1v) is 8.89. The van der Waals surface area contributed by atoms with Crippen molar-refractivity contribution >= 4 is 18.3 Å². The summed E-state index contributed by atoms with van der Waals surface area (Å²) in [5, 5.41) is 21.9. The summed E-state index contributed by atoms with van der Waals surface area (Å²) in [5.74, 6) is 1.20. The van der Waals surface area contributed by atoms with Crippen molar-refractivity contribution < 1.29 is 19.7 Å². The van der Waals surface area contributed by atoms with Crippen LogP contribution < -0.4 is 10.1 Å². The number of amides is 1. The van der Waals surface area contributed by atoms with Gasteiger partial charge in [0.25, 0.3) is 5.91 Å². The van der Waals surface area contributed by atoms with E-state index in [0.717, 1.165) is 12.1 Å². The van der Waals surface area contributed by atoms with Crippen LogP contribution in [-0.2, 0) is 4.79 Å². The number of benzene rings is 1. The summed E-state index contributed by atoms with van der Waals surface area (Å²) < 4.78 is 5.54. The van der Waals surface area contributed by atoms with Crippen molar-refractivity contribution in [1.82, 2.24) is 10.2 Å². The standard InChI is InChI=1S/C19H30N2O4.ClH/c1-13(2)17-8-21(15(10-22)11-23)9-18(17)20-19(24)12-25-16-6-4-14(3)5-7-16;/h4-7,13,15,17-18,22-23H,8-12H2,1-3H3,(H,20,24);1H/t17-,18+;/m1./s1. The van der Waals surface area contributed by atoms with E-state index < -0.39 is 0 Å². The van der Waals surface area contributed by atoms with Crippen LogP contribution in [0.4, 0.5) is 0 Å². The molecule has 7 heteroatoms. The zero-order chi connectivity index (χ0) is 18.4. The first-order chi connectivity index (χ1) is 11.9. The second kappa shape index (κ2) is 10.7. The maximum atomic E-state index is 12.3. The fourth-order valence-electron chi connectivity index (χ4n) is 3.31. The number of halogens is 1. The number of likely N-dealkylation sites (tertiary alicyclic amines) is 1. The largest absolute Gasteiger partial charge is 0.484 e. The van der Waals surface area contributed by atoms with E-state index in [-0.39, 0.29) is 56.1 Å². The van der Waals surface area contributed by atoms with Crippen molar-refractivity contribution in [2.75, 3.05) is 32.9 Å². The molecular weight excluding hydrogens is 356 g/mol. The number of aliphatic hydroxyl groups is 2. The molecule has 1 fully saturated rings. The smallest absolute Gasteiger partial charge is 0.258 e. The highest BCUT2D eigenvalue weighted by Gasteiger charge is 2.38. The Hall–Kier alpha value is -1.34. The Balaban J connectivity index is 0.00000338. The minimum atomic E-state index is -0.271. The molecule has 1 aromatic carbocycles. The van der Waals surface area contributed by atoms with Crippen LogP contribution in [0.1, 0.15) is 19.4 Å². The van der Waals surface area contributed by atoms with Gasteiger partial charge in [0, 0.05) is 19.1 Å². The summed E-state index contributed by atoms with van der Waals surface area (Å²) in [7, 11) is 0. The zero-order valence-corrected chi connectivity index (χ0v) is 16.5. The molecular formula is C19H31ClN2O4. The van der Waals surface area contributed by atoms with Gasteiger partial charge in [-0.05, 0) is 30.9 Å². The van der Waals surface area contributed by atoms with Gasteiger partial charge in [0.15, 0.2) is 6.61 Å². The first kappa shape index (κ1) is 22.7. The third-order valence-electron chi connectivity index (χ3n) is 4.92. The minimum Gasteiger partial charge on any atom is -0.484 e. The molecule has 148 valence electrons. The molecule has 0 radical (unpaired) electrons. The van der Waals surface area contributed by atoms with E-state index in [4.69, 9.17) is 4.74 Å². The maximum Gasteiger partial charge on any atom is 0.258 e. The van der Waals surface area contributed by atoms with Gasteiger partial charge in [0.2, 0.25) is 0 Å². The molecule has 1 aliphatic heterocycles. The van der Waals surface area contributed by atoms with Crippen LogP contribution in [0.15, 0.2) is 24.3 Å². The number of carbonyl (C=O) groups excluding carboxylic acids is 1. The molecule has 1 amide bonds. The van der Waals surface area contributed by atoms with E-state index >= 15 is 0 Å². The predicted molar refractivity (Wildman–Crippen MR) is 104 cm³/mol. The molecule has 1 heterocycles. The maximum absolute atomic E-state index is 12.3. The minimum absolute atomic E-state index is 0. The van der Waals surface area contributed by atoms with Crippen LogP contribution >= 0.6 is 12.4 Å². The summed E-state index contributed by atoms with van der Waals surface area (Å²) >= 11 is 0. The highest BCUT2D eigenvalue weighted by Crippen LogP contribution is 2.26. The molecule has 1 aromatic rings. The Labute approximate surface area is 161 Å². The van der Waals surface area contributed by atoms with Crippen molar-refractivity contribution in [3.8, 4) is 5.75 Å². The number of nitrogens with zero attached hydrogens (tertiary/aromatic N) is 1. The van der Waals surface area contributed by atoms with Gasteiger partial charge in [0.05, 0.1) is 19.3 Å². The number of hydrogen-bond acceptors (Lipinski definition) is 5. The third kappa shape index (κ3) is 6.13. The average molecular weight is 387 g/mol. The molecule has 0 aliphatic carbocycles. The summed E-state index contributed by atoms with van der Waals surface area (Å²) in [5.41, 5.74) is 1.14. The summed E-state index contributed by atoms with van der Waals surface area (Å²) in [4.78, 5) is 14.3. The normalized spacial score (nSPS) is 20.3. The fourth-order valence-corrected chi connectivity index (χ4v) is 3.31. The lowest BCUT2D eigenvalue weighted by atomic mass is 9.91. The summed E-state index contributed by atoms with van der Waals surface area (Å²) in [6.07, 6.45) is 0. The zero-order valence-electron chi connectivity index (χ0n) is 15.7. The number of rotatable bonds is 8. The molecule has 1 saturated heterocycles. The highest BCUT2D eigenvalue weighted by molar-refractivity contribution is 5.85. The van der Waals surface area contributed by atoms with E-state index in [1.54, 1.807) is 0 Å². The molecule has 0 spiro atoms. The van der Waals surface area contributed by atoms with Gasteiger partial charge < -0.3 is 20.3 Å². The van der Waals surface area contributed by atoms with Crippen molar-refractivity contribution in [1.29, 1.82) is 0 Å². The Bertz CT molecular complexity index is 549. The molecule has 2 rings (SSSR count). The molecule has 6 nitrogen and oxygen atoms in total. The second-order valence-electron chi connectivity index (χ2n) is 7.16. The number of hydrogen-bond donors (Lipinski definition) is 3. The Morgan fingerprint density at radius 3 is 2.38 bits per heavy atom. The molecule has 26 heavy (non-hydrogen) atoms. The van der Waals surface area contributed by atoms with Crippen molar-refractivity contribution in [2.45, 2.75) is 32.9 Å². The van der Waals surface area contributed by atoms with Crippen molar-refractivity contribution in [2.24, 2.45) is 11.8 Å². The van der Waals surface area contributed by atoms with Gasteiger partial charge in [-0.1, -0.05) is 31.5 Å². The monoisotopic (exact) mass is 386 g/mol. The second-order valence-corrected chi connectivity index (χ2v) is 7.16. The number of carbonyl (C=O) groups is 1. The first-order valence-electron chi connectivity index (χ1n) is 8.89. The molecule has 1 aliphatic rings. The summed E-state index contributed by atoms with van der Waals surface area (Å²) in [6, 6.07) is 7.32. The van der Waals surface area contributed by atoms with Crippen LogP contribution in [0.3, 0.4) is 0 Å². The number of aryl methyl sites for hydroxylation is 1. The lowest BCUT2D eigenvalue weighted by molar-refractivity contribution is -0.124. The van der Waals surface area contributed by atoms with Gasteiger partial charge in [-0.25, -0.2) is 0 Å². The third-order valence-corrected chi connectivity index (χ3v) is 4.92. The van der Waals surface area contributed by atoms with Crippen molar-refractivity contribution in [3.05, 3.63) is 29.8 Å². The van der Waals surface area contributed by atoms with Gasteiger partial charge in [0.1, 0.15) is 5.75 Å². The summed E-state index contributed by atoms with van der Waals surface area (Å²) in [6.45, 7) is 7.45. The van der Waals surface area contributed by atoms with Gasteiger partial charge in [-0.2, -0.15) is 0 Å². The lowest BCUT2D eigenvalue weighted by Gasteiger charge is -2.24. The fraction of sp³-hybridized carbons (Fsp3) is 0.632. The van der Waals surface area contributed by atoms with Crippen molar-refractivity contribution in [3.63, 3.8) is 0 Å². The Morgan fingerprint density at radius 2 is 1.85 bits per heavy atom. The van der Waals surface area contributed by atoms with Gasteiger partial charge in [-0.15, -0.1) is 12.4 Å². The molecule has 0 unspecified atom stereocenters. The van der Waals surface area contributed by atoms with E-state index in [9.17, 15) is 15.0 Å². The van der Waals surface area contributed by atoms with Crippen LogP contribution in [0, 0.1) is 18.8 Å². The van der Waals surface area contributed by atoms with Crippen LogP contribution in [0.25, 0.3) is 0 Å². The molecule has 2 atom stereocenters. The van der Waals surface area contributed by atoms with E-state index in [0.29, 0.717) is 18.2 Å². The number of nitrogens with one attached hydrogen (secondary N) is 1. The van der Waals surface area contributed by atoms with Gasteiger partial charge >= 0.3 is 0 Å².